The Hall–Kier alpha value is -2.67. The van der Waals surface area contributed by atoms with E-state index in [0.717, 1.165) is 30.5 Å². The van der Waals surface area contributed by atoms with Gasteiger partial charge < -0.3 is 14.0 Å². The second-order valence-corrected chi connectivity index (χ2v) is 8.43. The maximum absolute atomic E-state index is 13.3. The van der Waals surface area contributed by atoms with Gasteiger partial charge in [0.15, 0.2) is 0 Å². The molecular formula is C21H27FN6. The molecule has 7 heteroatoms. The van der Waals surface area contributed by atoms with Gasteiger partial charge in [0, 0.05) is 57.7 Å². The molecule has 1 aliphatic rings. The second kappa shape index (κ2) is 6.74. The Morgan fingerprint density at radius 1 is 1.18 bits per heavy atom. The molecule has 3 heterocycles. The summed E-state index contributed by atoms with van der Waals surface area (Å²) in [5.74, 6) is 1.70. The molecule has 1 atom stereocenters. The third-order valence-electron chi connectivity index (χ3n) is 5.56. The van der Waals surface area contributed by atoms with Crippen LogP contribution in [-0.2, 0) is 13.6 Å². The van der Waals surface area contributed by atoms with Gasteiger partial charge in [-0.15, -0.1) is 0 Å². The topological polar surface area (TPSA) is 42.1 Å². The molecule has 3 aromatic rings. The zero-order valence-electron chi connectivity index (χ0n) is 17.1. The number of imidazole rings is 2. The summed E-state index contributed by atoms with van der Waals surface area (Å²) in [6.45, 7) is 6.33. The summed E-state index contributed by atoms with van der Waals surface area (Å²) in [5, 5.41) is 0. The van der Waals surface area contributed by atoms with Crippen molar-refractivity contribution in [3.8, 4) is 5.69 Å². The first-order valence-corrected chi connectivity index (χ1v) is 9.49. The maximum atomic E-state index is 13.3. The summed E-state index contributed by atoms with van der Waals surface area (Å²) in [6.07, 6.45) is 5.72. The van der Waals surface area contributed by atoms with Gasteiger partial charge in [0.25, 0.3) is 0 Å². The first kappa shape index (κ1) is 18.7. The van der Waals surface area contributed by atoms with Crippen molar-refractivity contribution in [1.82, 2.24) is 24.0 Å². The van der Waals surface area contributed by atoms with Crippen LogP contribution in [0.3, 0.4) is 0 Å². The molecule has 0 N–H and O–H groups in total. The first-order chi connectivity index (χ1) is 13.3. The summed E-state index contributed by atoms with van der Waals surface area (Å²) >= 11 is 0. The highest BCUT2D eigenvalue weighted by molar-refractivity contribution is 5.35. The van der Waals surface area contributed by atoms with Crippen molar-refractivity contribution in [2.24, 2.45) is 12.5 Å². The molecule has 2 aromatic heterocycles. The molecular weight excluding hydrogens is 355 g/mol. The van der Waals surface area contributed by atoms with Crippen molar-refractivity contribution in [2.75, 3.05) is 25.5 Å². The molecule has 0 radical (unpaired) electrons. The maximum Gasteiger partial charge on any atom is 0.204 e. The van der Waals surface area contributed by atoms with Crippen molar-refractivity contribution in [3.63, 3.8) is 0 Å². The number of halogens is 1. The molecule has 6 nitrogen and oxygen atoms in total. The van der Waals surface area contributed by atoms with E-state index >= 15 is 0 Å². The van der Waals surface area contributed by atoms with Crippen molar-refractivity contribution in [1.29, 1.82) is 0 Å². The average molecular weight is 382 g/mol. The largest absolute Gasteiger partial charge is 0.348 e. The second-order valence-electron chi connectivity index (χ2n) is 8.43. The Balaban J connectivity index is 1.63. The van der Waals surface area contributed by atoms with Crippen LogP contribution in [0.4, 0.5) is 10.3 Å². The number of nitrogens with zero attached hydrogens (tertiary/aromatic N) is 6. The lowest BCUT2D eigenvalue weighted by molar-refractivity contribution is -0.0655. The highest BCUT2D eigenvalue weighted by atomic mass is 19.1. The molecule has 0 aliphatic carbocycles. The van der Waals surface area contributed by atoms with Crippen LogP contribution in [0.1, 0.15) is 31.4 Å². The van der Waals surface area contributed by atoms with Gasteiger partial charge in [-0.1, -0.05) is 13.8 Å². The minimum absolute atomic E-state index is 0.103. The van der Waals surface area contributed by atoms with E-state index in [1.165, 1.54) is 17.8 Å². The summed E-state index contributed by atoms with van der Waals surface area (Å²) in [7, 11) is 6.05. The SMILES string of the molecule is CN(C)c1ncc(CN2CC(C)(C)C2c2nccn2-c2ccc(F)cc2)n1C. The van der Waals surface area contributed by atoms with E-state index in [1.807, 2.05) is 37.6 Å². The molecule has 28 heavy (non-hydrogen) atoms. The highest BCUT2D eigenvalue weighted by Gasteiger charge is 2.48. The number of benzene rings is 1. The zero-order valence-corrected chi connectivity index (χ0v) is 17.1. The van der Waals surface area contributed by atoms with E-state index in [0.29, 0.717) is 0 Å². The fourth-order valence-electron chi connectivity index (χ4n) is 4.28. The summed E-state index contributed by atoms with van der Waals surface area (Å²) < 4.78 is 17.5. The Morgan fingerprint density at radius 2 is 1.89 bits per heavy atom. The van der Waals surface area contributed by atoms with Crippen LogP contribution in [0.15, 0.2) is 42.9 Å². The number of anilines is 1. The molecule has 0 spiro atoms. The molecule has 148 valence electrons. The summed E-state index contributed by atoms with van der Waals surface area (Å²) in [4.78, 5) is 13.7. The van der Waals surface area contributed by atoms with Gasteiger partial charge in [-0.25, -0.2) is 14.4 Å². The quantitative estimate of drug-likeness (QED) is 0.678. The lowest BCUT2D eigenvalue weighted by Crippen LogP contribution is -2.55. The van der Waals surface area contributed by atoms with E-state index in [4.69, 9.17) is 0 Å². The number of hydrogen-bond acceptors (Lipinski definition) is 4. The molecule has 0 bridgehead atoms. The fraction of sp³-hybridized carbons (Fsp3) is 0.429. The van der Waals surface area contributed by atoms with Crippen LogP contribution in [0, 0.1) is 11.2 Å². The molecule has 1 fully saturated rings. The van der Waals surface area contributed by atoms with Gasteiger partial charge in [0.2, 0.25) is 5.95 Å². The van der Waals surface area contributed by atoms with E-state index in [9.17, 15) is 4.39 Å². The molecule has 0 amide bonds. The van der Waals surface area contributed by atoms with Gasteiger partial charge in [-0.2, -0.15) is 0 Å². The third kappa shape index (κ3) is 3.09. The fourth-order valence-corrected chi connectivity index (χ4v) is 4.28. The van der Waals surface area contributed by atoms with Crippen LogP contribution in [0.25, 0.3) is 5.69 Å². The van der Waals surface area contributed by atoms with E-state index in [2.05, 4.69) is 44.9 Å². The van der Waals surface area contributed by atoms with E-state index in [1.54, 1.807) is 12.1 Å². The Labute approximate surface area is 165 Å². The monoisotopic (exact) mass is 382 g/mol. The smallest absolute Gasteiger partial charge is 0.204 e. The lowest BCUT2D eigenvalue weighted by atomic mass is 9.74. The van der Waals surface area contributed by atoms with Crippen LogP contribution >= 0.6 is 0 Å². The van der Waals surface area contributed by atoms with Gasteiger partial charge >= 0.3 is 0 Å². The highest BCUT2D eigenvalue weighted by Crippen LogP contribution is 2.48. The van der Waals surface area contributed by atoms with Gasteiger partial charge in [-0.3, -0.25) is 4.90 Å². The predicted octanol–water partition coefficient (Wildman–Crippen LogP) is 3.39. The predicted molar refractivity (Wildman–Crippen MR) is 108 cm³/mol. The molecule has 4 rings (SSSR count). The van der Waals surface area contributed by atoms with E-state index < -0.39 is 0 Å². The van der Waals surface area contributed by atoms with Crippen molar-refractivity contribution in [3.05, 3.63) is 60.2 Å². The number of likely N-dealkylation sites (tertiary alicyclic amines) is 1. The minimum atomic E-state index is -0.232. The number of rotatable bonds is 5. The molecule has 1 aliphatic heterocycles. The normalized spacial score (nSPS) is 18.9. The van der Waals surface area contributed by atoms with Crippen LogP contribution < -0.4 is 4.90 Å². The van der Waals surface area contributed by atoms with Crippen molar-refractivity contribution < 1.29 is 4.39 Å². The van der Waals surface area contributed by atoms with Crippen LogP contribution in [-0.4, -0.2) is 44.6 Å². The van der Waals surface area contributed by atoms with Crippen LogP contribution in [0.5, 0.6) is 0 Å². The Bertz CT molecular complexity index is 969. The van der Waals surface area contributed by atoms with Crippen LogP contribution in [0.2, 0.25) is 0 Å². The van der Waals surface area contributed by atoms with Gasteiger partial charge in [0.1, 0.15) is 11.6 Å². The van der Waals surface area contributed by atoms with Gasteiger partial charge in [-0.05, 0) is 24.3 Å². The molecule has 0 saturated carbocycles. The van der Waals surface area contributed by atoms with E-state index in [-0.39, 0.29) is 17.3 Å². The number of aromatic nitrogens is 4. The minimum Gasteiger partial charge on any atom is -0.348 e. The molecule has 1 aromatic carbocycles. The van der Waals surface area contributed by atoms with Gasteiger partial charge in [0.05, 0.1) is 17.9 Å². The first-order valence-electron chi connectivity index (χ1n) is 9.49. The summed E-state index contributed by atoms with van der Waals surface area (Å²) in [5.41, 5.74) is 2.20. The van der Waals surface area contributed by atoms with Crippen molar-refractivity contribution in [2.45, 2.75) is 26.4 Å². The number of hydrogen-bond donors (Lipinski definition) is 0. The third-order valence-corrected chi connectivity index (χ3v) is 5.56. The Kier molecular flexibility index (Phi) is 4.50. The lowest BCUT2D eigenvalue weighted by Gasteiger charge is -2.53. The standard InChI is InChI=1S/C21H27FN6/c1-21(2)14-27(13-17-12-24-20(25(3)4)26(17)5)18(21)19-23-10-11-28(19)16-8-6-15(22)7-9-16/h6-12,18H,13-14H2,1-5H3. The molecule has 1 unspecified atom stereocenters. The molecule has 1 saturated heterocycles. The van der Waals surface area contributed by atoms with Crippen molar-refractivity contribution >= 4 is 5.95 Å². The summed E-state index contributed by atoms with van der Waals surface area (Å²) in [6, 6.07) is 6.73. The Morgan fingerprint density at radius 3 is 2.50 bits per heavy atom. The zero-order chi connectivity index (χ0) is 20.1. The average Bonchev–Trinajstić information content (AvgIpc) is 3.22.